The van der Waals surface area contributed by atoms with Crippen LogP contribution in [0.3, 0.4) is 0 Å². The number of hydrogen-bond acceptors (Lipinski definition) is 4. The van der Waals surface area contributed by atoms with E-state index < -0.39 is 12.1 Å². The number of nitrogens with zero attached hydrogens (tertiary/aromatic N) is 1. The van der Waals surface area contributed by atoms with E-state index >= 15 is 0 Å². The highest BCUT2D eigenvalue weighted by Gasteiger charge is 2.22. The van der Waals surface area contributed by atoms with Crippen LogP contribution in [-0.4, -0.2) is 22.8 Å². The first-order chi connectivity index (χ1) is 14.5. The Morgan fingerprint density at radius 1 is 0.867 bits per heavy atom. The molecule has 1 atom stereocenters. The average molecular weight is 395 g/mol. The summed E-state index contributed by atoms with van der Waals surface area (Å²) in [5.74, 6) is -0.778. The van der Waals surface area contributed by atoms with Gasteiger partial charge in [-0.25, -0.2) is 9.78 Å². The zero-order chi connectivity index (χ0) is 21.1. The van der Waals surface area contributed by atoms with E-state index in [0.717, 1.165) is 11.1 Å². The van der Waals surface area contributed by atoms with Crippen molar-refractivity contribution in [1.82, 2.24) is 4.98 Å². The molecule has 0 fully saturated rings. The van der Waals surface area contributed by atoms with E-state index in [1.165, 1.54) is 0 Å². The van der Waals surface area contributed by atoms with Gasteiger partial charge in [0, 0.05) is 16.5 Å². The van der Waals surface area contributed by atoms with Crippen LogP contribution >= 0.6 is 0 Å². The number of carbonyl (C=O) groups is 2. The summed E-state index contributed by atoms with van der Waals surface area (Å²) in [6.07, 6.45) is -0.894. The number of rotatable bonds is 5. The molecule has 148 valence electrons. The number of para-hydroxylation sites is 1. The van der Waals surface area contributed by atoms with Gasteiger partial charge in [-0.05, 0) is 26.0 Å². The van der Waals surface area contributed by atoms with Crippen molar-refractivity contribution in [2.45, 2.75) is 20.0 Å². The van der Waals surface area contributed by atoms with Gasteiger partial charge in [0.05, 0.1) is 16.8 Å². The second kappa shape index (κ2) is 8.29. The lowest BCUT2D eigenvalue weighted by molar-refractivity contribution is 0.0320. The summed E-state index contributed by atoms with van der Waals surface area (Å²) in [6, 6.07) is 26.0. The number of ether oxygens (including phenoxy) is 1. The number of benzene rings is 3. The first kappa shape index (κ1) is 19.5. The van der Waals surface area contributed by atoms with E-state index in [-0.39, 0.29) is 5.78 Å². The first-order valence-corrected chi connectivity index (χ1v) is 9.80. The van der Waals surface area contributed by atoms with Crippen LogP contribution in [0.1, 0.15) is 33.2 Å². The number of pyridine rings is 1. The second-order valence-corrected chi connectivity index (χ2v) is 7.22. The van der Waals surface area contributed by atoms with Crippen molar-refractivity contribution in [2.75, 3.05) is 0 Å². The number of Topliss-reactive ketones (excluding diaryl/α,β-unsaturated/α-hetero) is 1. The predicted molar refractivity (Wildman–Crippen MR) is 118 cm³/mol. The Labute approximate surface area is 175 Å². The highest BCUT2D eigenvalue weighted by atomic mass is 16.5. The molecule has 30 heavy (non-hydrogen) atoms. The van der Waals surface area contributed by atoms with Gasteiger partial charge < -0.3 is 4.74 Å². The van der Waals surface area contributed by atoms with Crippen LogP contribution in [0.5, 0.6) is 0 Å². The number of aromatic nitrogens is 1. The molecule has 4 aromatic rings. The van der Waals surface area contributed by atoms with Crippen molar-refractivity contribution in [3.05, 3.63) is 102 Å². The maximum absolute atomic E-state index is 13.0. The Kier molecular flexibility index (Phi) is 5.40. The molecule has 1 unspecified atom stereocenters. The Bertz CT molecular complexity index is 1210. The summed E-state index contributed by atoms with van der Waals surface area (Å²) in [7, 11) is 0. The number of hydrogen-bond donors (Lipinski definition) is 0. The van der Waals surface area contributed by atoms with Crippen molar-refractivity contribution in [2.24, 2.45) is 0 Å². The van der Waals surface area contributed by atoms with Crippen molar-refractivity contribution in [3.63, 3.8) is 0 Å². The third-order valence-corrected chi connectivity index (χ3v) is 4.99. The lowest BCUT2D eigenvalue weighted by Gasteiger charge is -2.14. The van der Waals surface area contributed by atoms with E-state index in [0.29, 0.717) is 27.7 Å². The van der Waals surface area contributed by atoms with E-state index in [2.05, 4.69) is 0 Å². The molecule has 0 saturated carbocycles. The van der Waals surface area contributed by atoms with Crippen LogP contribution in [0, 0.1) is 6.92 Å². The molecule has 4 heteroatoms. The number of ketones is 1. The van der Waals surface area contributed by atoms with Crippen LogP contribution in [-0.2, 0) is 4.74 Å². The minimum Gasteiger partial charge on any atom is -0.451 e. The minimum absolute atomic E-state index is 0.235. The topological polar surface area (TPSA) is 56.3 Å². The van der Waals surface area contributed by atoms with Crippen molar-refractivity contribution < 1.29 is 14.3 Å². The molecule has 0 spiro atoms. The number of carbonyl (C=O) groups excluding carboxylic acids is 2. The fraction of sp³-hybridized carbons (Fsp3) is 0.115. The quantitative estimate of drug-likeness (QED) is 0.324. The molecule has 0 saturated heterocycles. The van der Waals surface area contributed by atoms with Crippen LogP contribution in [0.15, 0.2) is 84.9 Å². The predicted octanol–water partition coefficient (Wildman–Crippen LogP) is 5.64. The monoisotopic (exact) mass is 395 g/mol. The van der Waals surface area contributed by atoms with E-state index in [9.17, 15) is 9.59 Å². The summed E-state index contributed by atoms with van der Waals surface area (Å²) >= 11 is 0. The molecule has 0 bridgehead atoms. The summed E-state index contributed by atoms with van der Waals surface area (Å²) in [5, 5.41) is 0.692. The van der Waals surface area contributed by atoms with Crippen molar-refractivity contribution in [3.8, 4) is 11.3 Å². The molecule has 0 aliphatic rings. The SMILES string of the molecule is Cc1ccc(-c2cc(C(=O)OC(C)C(=O)c3ccccc3)c3ccccc3n2)cc1. The Morgan fingerprint density at radius 3 is 2.27 bits per heavy atom. The number of esters is 1. The lowest BCUT2D eigenvalue weighted by atomic mass is 10.0. The van der Waals surface area contributed by atoms with Gasteiger partial charge in [-0.1, -0.05) is 78.4 Å². The zero-order valence-corrected chi connectivity index (χ0v) is 16.8. The normalized spacial score (nSPS) is 11.8. The summed E-state index contributed by atoms with van der Waals surface area (Å²) in [4.78, 5) is 30.4. The molecular weight excluding hydrogens is 374 g/mol. The van der Waals surface area contributed by atoms with E-state index in [4.69, 9.17) is 9.72 Å². The number of fused-ring (bicyclic) bond motifs is 1. The molecule has 0 radical (unpaired) electrons. The number of aryl methyl sites for hydroxylation is 1. The van der Waals surface area contributed by atoms with E-state index in [1.807, 2.05) is 61.5 Å². The van der Waals surface area contributed by atoms with Crippen LogP contribution in [0.25, 0.3) is 22.2 Å². The van der Waals surface area contributed by atoms with Crippen LogP contribution < -0.4 is 0 Å². The van der Waals surface area contributed by atoms with E-state index in [1.54, 1.807) is 37.3 Å². The fourth-order valence-electron chi connectivity index (χ4n) is 3.33. The smallest absolute Gasteiger partial charge is 0.339 e. The van der Waals surface area contributed by atoms with Gasteiger partial charge in [0.15, 0.2) is 6.10 Å². The highest BCUT2D eigenvalue weighted by Crippen LogP contribution is 2.26. The fourth-order valence-corrected chi connectivity index (χ4v) is 3.33. The van der Waals surface area contributed by atoms with Crippen molar-refractivity contribution >= 4 is 22.7 Å². The van der Waals surface area contributed by atoms with Crippen molar-refractivity contribution in [1.29, 1.82) is 0 Å². The van der Waals surface area contributed by atoms with Gasteiger partial charge in [0.1, 0.15) is 0 Å². The second-order valence-electron chi connectivity index (χ2n) is 7.22. The molecule has 0 amide bonds. The maximum Gasteiger partial charge on any atom is 0.339 e. The van der Waals surface area contributed by atoms with Gasteiger partial charge >= 0.3 is 5.97 Å². The maximum atomic E-state index is 13.0. The molecule has 1 aromatic heterocycles. The molecule has 1 heterocycles. The molecular formula is C26H21NO3. The standard InChI is InChI=1S/C26H21NO3/c1-17-12-14-19(15-13-17)24-16-22(21-10-6-7-11-23(21)27-24)26(29)30-18(2)25(28)20-8-4-3-5-9-20/h3-16,18H,1-2H3. The Hall–Kier alpha value is -3.79. The van der Waals surface area contributed by atoms with Crippen LogP contribution in [0.2, 0.25) is 0 Å². The largest absolute Gasteiger partial charge is 0.451 e. The molecule has 0 aliphatic heterocycles. The minimum atomic E-state index is -0.894. The van der Waals surface area contributed by atoms with Gasteiger partial charge in [-0.2, -0.15) is 0 Å². The highest BCUT2D eigenvalue weighted by molar-refractivity contribution is 6.06. The van der Waals surface area contributed by atoms with Gasteiger partial charge in [-0.3, -0.25) is 4.79 Å². The zero-order valence-electron chi connectivity index (χ0n) is 16.8. The van der Waals surface area contributed by atoms with Gasteiger partial charge in [0.2, 0.25) is 5.78 Å². The molecule has 0 aliphatic carbocycles. The Morgan fingerprint density at radius 2 is 1.53 bits per heavy atom. The summed E-state index contributed by atoms with van der Waals surface area (Å²) < 4.78 is 5.55. The summed E-state index contributed by atoms with van der Waals surface area (Å²) in [6.45, 7) is 3.61. The third-order valence-electron chi connectivity index (χ3n) is 4.99. The molecule has 0 N–H and O–H groups in total. The molecule has 3 aromatic carbocycles. The summed E-state index contributed by atoms with van der Waals surface area (Å²) in [5.41, 5.74) is 4.34. The van der Waals surface area contributed by atoms with Crippen LogP contribution in [0.4, 0.5) is 0 Å². The molecule has 4 rings (SSSR count). The average Bonchev–Trinajstić information content (AvgIpc) is 2.78. The third kappa shape index (κ3) is 3.98. The Balaban J connectivity index is 1.69. The molecule has 4 nitrogen and oxygen atoms in total. The van der Waals surface area contributed by atoms with Gasteiger partial charge in [0.25, 0.3) is 0 Å². The lowest BCUT2D eigenvalue weighted by Crippen LogP contribution is -2.24. The first-order valence-electron chi connectivity index (χ1n) is 9.80. The van der Waals surface area contributed by atoms with Gasteiger partial charge in [-0.15, -0.1) is 0 Å².